The first-order valence-electron chi connectivity index (χ1n) is 7.11. The Labute approximate surface area is 109 Å². The SMILES string of the molecule is CCCNc1ncnc(N2CC3CCC2C3)c1C. The van der Waals surface area contributed by atoms with E-state index in [1.54, 1.807) is 6.33 Å². The zero-order valence-corrected chi connectivity index (χ0v) is 11.3. The average molecular weight is 246 g/mol. The maximum Gasteiger partial charge on any atom is 0.137 e. The van der Waals surface area contributed by atoms with Gasteiger partial charge >= 0.3 is 0 Å². The molecule has 2 heterocycles. The monoisotopic (exact) mass is 246 g/mol. The third-order valence-corrected chi connectivity index (χ3v) is 4.28. The summed E-state index contributed by atoms with van der Waals surface area (Å²) in [6.07, 6.45) is 6.93. The Bertz CT molecular complexity index is 432. The van der Waals surface area contributed by atoms with Gasteiger partial charge in [-0.3, -0.25) is 0 Å². The standard InChI is InChI=1S/C14H22N4/c1-3-6-15-13-10(2)14(17-9-16-13)18-8-11-4-5-12(18)7-11/h9,11-12H,3-8H2,1-2H3,(H,15,16,17). The van der Waals surface area contributed by atoms with E-state index >= 15 is 0 Å². The summed E-state index contributed by atoms with van der Waals surface area (Å²) in [5.74, 6) is 3.05. The molecule has 2 atom stereocenters. The molecule has 2 unspecified atom stereocenters. The summed E-state index contributed by atoms with van der Waals surface area (Å²) >= 11 is 0. The Morgan fingerprint density at radius 2 is 2.28 bits per heavy atom. The van der Waals surface area contributed by atoms with Gasteiger partial charge in [0.15, 0.2) is 0 Å². The van der Waals surface area contributed by atoms with Crippen LogP contribution in [0.25, 0.3) is 0 Å². The maximum atomic E-state index is 4.52. The van der Waals surface area contributed by atoms with Crippen LogP contribution in [0.2, 0.25) is 0 Å². The minimum absolute atomic E-state index is 0.725. The molecule has 0 radical (unpaired) electrons. The van der Waals surface area contributed by atoms with Gasteiger partial charge in [0, 0.05) is 24.7 Å². The van der Waals surface area contributed by atoms with Crippen LogP contribution in [0.1, 0.15) is 38.2 Å². The van der Waals surface area contributed by atoms with Crippen LogP contribution in [-0.4, -0.2) is 29.1 Å². The summed E-state index contributed by atoms with van der Waals surface area (Å²) in [4.78, 5) is 11.4. The Hall–Kier alpha value is -1.32. The zero-order valence-electron chi connectivity index (χ0n) is 11.3. The maximum absolute atomic E-state index is 4.52. The van der Waals surface area contributed by atoms with E-state index in [4.69, 9.17) is 0 Å². The average Bonchev–Trinajstić information content (AvgIpc) is 3.00. The molecule has 1 saturated carbocycles. The fraction of sp³-hybridized carbons (Fsp3) is 0.714. The number of aromatic nitrogens is 2. The molecule has 98 valence electrons. The fourth-order valence-corrected chi connectivity index (χ4v) is 3.34. The quantitative estimate of drug-likeness (QED) is 0.886. The third-order valence-electron chi connectivity index (χ3n) is 4.28. The van der Waals surface area contributed by atoms with Crippen molar-refractivity contribution < 1.29 is 0 Å². The summed E-state index contributed by atoms with van der Waals surface area (Å²) < 4.78 is 0. The summed E-state index contributed by atoms with van der Waals surface area (Å²) in [7, 11) is 0. The Kier molecular flexibility index (Phi) is 3.10. The molecule has 4 nitrogen and oxygen atoms in total. The molecule has 1 aliphatic carbocycles. The third kappa shape index (κ3) is 1.93. The van der Waals surface area contributed by atoms with Crippen LogP contribution in [0, 0.1) is 12.8 Å². The Morgan fingerprint density at radius 1 is 1.39 bits per heavy atom. The largest absolute Gasteiger partial charge is 0.370 e. The van der Waals surface area contributed by atoms with Crippen LogP contribution in [0.15, 0.2) is 6.33 Å². The van der Waals surface area contributed by atoms with E-state index < -0.39 is 0 Å². The van der Waals surface area contributed by atoms with Crippen LogP contribution >= 0.6 is 0 Å². The van der Waals surface area contributed by atoms with Crippen molar-refractivity contribution in [1.29, 1.82) is 0 Å². The van der Waals surface area contributed by atoms with Crippen molar-refractivity contribution in [1.82, 2.24) is 9.97 Å². The van der Waals surface area contributed by atoms with Crippen LogP contribution < -0.4 is 10.2 Å². The molecule has 3 rings (SSSR count). The number of hydrogen-bond donors (Lipinski definition) is 1. The van der Waals surface area contributed by atoms with E-state index in [0.717, 1.165) is 36.6 Å². The second-order valence-corrected chi connectivity index (χ2v) is 5.58. The van der Waals surface area contributed by atoms with Crippen LogP contribution in [0.3, 0.4) is 0 Å². The molecule has 0 amide bonds. The Morgan fingerprint density at radius 3 is 2.94 bits per heavy atom. The van der Waals surface area contributed by atoms with E-state index in [1.165, 1.54) is 31.4 Å². The van der Waals surface area contributed by atoms with Gasteiger partial charge < -0.3 is 10.2 Å². The van der Waals surface area contributed by atoms with E-state index in [2.05, 4.69) is 34.0 Å². The van der Waals surface area contributed by atoms with Crippen molar-refractivity contribution in [3.63, 3.8) is 0 Å². The molecule has 1 N–H and O–H groups in total. The molecule has 1 aromatic rings. The highest BCUT2D eigenvalue weighted by molar-refractivity contribution is 5.59. The number of fused-ring (bicyclic) bond motifs is 2. The molecule has 1 aromatic heterocycles. The topological polar surface area (TPSA) is 41.1 Å². The summed E-state index contributed by atoms with van der Waals surface area (Å²) in [5, 5.41) is 3.39. The van der Waals surface area contributed by atoms with Crippen molar-refractivity contribution in [2.75, 3.05) is 23.3 Å². The van der Waals surface area contributed by atoms with Crippen molar-refractivity contribution in [2.24, 2.45) is 5.92 Å². The van der Waals surface area contributed by atoms with Gasteiger partial charge in [0.05, 0.1) is 0 Å². The second-order valence-electron chi connectivity index (χ2n) is 5.58. The van der Waals surface area contributed by atoms with Crippen LogP contribution in [-0.2, 0) is 0 Å². The van der Waals surface area contributed by atoms with Gasteiger partial charge in [-0.05, 0) is 38.5 Å². The van der Waals surface area contributed by atoms with Gasteiger partial charge in [-0.2, -0.15) is 0 Å². The predicted molar refractivity (Wildman–Crippen MR) is 74.0 cm³/mol. The first kappa shape index (κ1) is 11.8. The normalized spacial score (nSPS) is 25.8. The van der Waals surface area contributed by atoms with Gasteiger partial charge in [0.25, 0.3) is 0 Å². The summed E-state index contributed by atoms with van der Waals surface area (Å²) in [6, 6.07) is 0.725. The first-order chi connectivity index (χ1) is 8.79. The molecule has 2 aliphatic rings. The van der Waals surface area contributed by atoms with E-state index in [9.17, 15) is 0 Å². The van der Waals surface area contributed by atoms with Gasteiger partial charge in [-0.1, -0.05) is 6.92 Å². The van der Waals surface area contributed by atoms with E-state index in [0.29, 0.717) is 0 Å². The fourth-order valence-electron chi connectivity index (χ4n) is 3.34. The minimum atomic E-state index is 0.725. The van der Waals surface area contributed by atoms with Gasteiger partial charge in [-0.25, -0.2) is 9.97 Å². The molecular formula is C14H22N4. The molecule has 2 fully saturated rings. The molecule has 2 bridgehead atoms. The minimum Gasteiger partial charge on any atom is -0.370 e. The van der Waals surface area contributed by atoms with Gasteiger partial charge in [-0.15, -0.1) is 0 Å². The van der Waals surface area contributed by atoms with Crippen molar-refractivity contribution in [3.8, 4) is 0 Å². The molecule has 0 spiro atoms. The van der Waals surface area contributed by atoms with Crippen molar-refractivity contribution in [3.05, 3.63) is 11.9 Å². The van der Waals surface area contributed by atoms with Crippen molar-refractivity contribution in [2.45, 2.75) is 45.6 Å². The van der Waals surface area contributed by atoms with E-state index in [-0.39, 0.29) is 0 Å². The molecule has 1 saturated heterocycles. The number of rotatable bonds is 4. The lowest BCUT2D eigenvalue weighted by molar-refractivity contribution is 0.549. The number of nitrogens with one attached hydrogen (secondary N) is 1. The number of hydrogen-bond acceptors (Lipinski definition) is 4. The lowest BCUT2D eigenvalue weighted by atomic mass is 10.1. The second kappa shape index (κ2) is 4.75. The van der Waals surface area contributed by atoms with Gasteiger partial charge in [0.2, 0.25) is 0 Å². The molecular weight excluding hydrogens is 224 g/mol. The van der Waals surface area contributed by atoms with Crippen LogP contribution in [0.4, 0.5) is 11.6 Å². The summed E-state index contributed by atoms with van der Waals surface area (Å²) in [6.45, 7) is 6.47. The van der Waals surface area contributed by atoms with Gasteiger partial charge in [0.1, 0.15) is 18.0 Å². The molecule has 0 aromatic carbocycles. The smallest absolute Gasteiger partial charge is 0.137 e. The Balaban J connectivity index is 1.83. The highest BCUT2D eigenvalue weighted by Crippen LogP contribution is 2.40. The highest BCUT2D eigenvalue weighted by Gasteiger charge is 2.39. The molecule has 18 heavy (non-hydrogen) atoms. The zero-order chi connectivity index (χ0) is 12.5. The highest BCUT2D eigenvalue weighted by atomic mass is 15.3. The predicted octanol–water partition coefficient (Wildman–Crippen LogP) is 2.60. The molecule has 4 heteroatoms. The van der Waals surface area contributed by atoms with Crippen molar-refractivity contribution >= 4 is 11.6 Å². The molecule has 1 aliphatic heterocycles. The van der Waals surface area contributed by atoms with Crippen LogP contribution in [0.5, 0.6) is 0 Å². The van der Waals surface area contributed by atoms with E-state index in [1.807, 2.05) is 0 Å². The number of anilines is 2. The number of nitrogens with zero attached hydrogens (tertiary/aromatic N) is 3. The number of piperidine rings is 1. The summed E-state index contributed by atoms with van der Waals surface area (Å²) in [5.41, 5.74) is 1.21. The lowest BCUT2D eigenvalue weighted by Crippen LogP contribution is -2.33. The first-order valence-corrected chi connectivity index (χ1v) is 7.11. The lowest BCUT2D eigenvalue weighted by Gasteiger charge is -2.29.